The second-order valence-corrected chi connectivity index (χ2v) is 5.01. The summed E-state index contributed by atoms with van der Waals surface area (Å²) in [5.41, 5.74) is 4.41. The van der Waals surface area contributed by atoms with Crippen molar-refractivity contribution in [1.29, 1.82) is 0 Å². The minimum absolute atomic E-state index is 0. The molecule has 0 amide bonds. The fourth-order valence-electron chi connectivity index (χ4n) is 3.12. The SMILES string of the molecule is CN[C@H]1CC[C@H](c2ccccc2)c2ccccc21.Cl. The molecule has 0 unspecified atom stereocenters. The predicted octanol–water partition coefficient (Wildman–Crippen LogP) is 4.29. The number of rotatable bonds is 2. The van der Waals surface area contributed by atoms with Crippen LogP contribution in [0.2, 0.25) is 0 Å². The van der Waals surface area contributed by atoms with Crippen molar-refractivity contribution in [3.63, 3.8) is 0 Å². The fourth-order valence-corrected chi connectivity index (χ4v) is 3.12. The summed E-state index contributed by atoms with van der Waals surface area (Å²) in [6.45, 7) is 0. The van der Waals surface area contributed by atoms with Gasteiger partial charge < -0.3 is 5.32 Å². The van der Waals surface area contributed by atoms with Crippen molar-refractivity contribution in [3.8, 4) is 0 Å². The lowest BCUT2D eigenvalue weighted by atomic mass is 9.77. The first-order valence-corrected chi connectivity index (χ1v) is 6.71. The number of nitrogens with one attached hydrogen (secondary N) is 1. The Hall–Kier alpha value is -1.31. The first-order valence-electron chi connectivity index (χ1n) is 6.71. The molecule has 2 aromatic carbocycles. The Kier molecular flexibility index (Phi) is 4.62. The molecule has 0 spiro atoms. The van der Waals surface area contributed by atoms with Crippen LogP contribution in [0.1, 0.15) is 41.5 Å². The van der Waals surface area contributed by atoms with Gasteiger partial charge in [-0.05, 0) is 36.6 Å². The Bertz CT molecular complexity index is 524. The smallest absolute Gasteiger partial charge is 0.0320 e. The van der Waals surface area contributed by atoms with E-state index in [1.807, 2.05) is 0 Å². The van der Waals surface area contributed by atoms with Gasteiger partial charge in [0.05, 0.1) is 0 Å². The molecule has 2 aromatic rings. The van der Waals surface area contributed by atoms with Crippen LogP contribution in [0.15, 0.2) is 54.6 Å². The number of hydrogen-bond donors (Lipinski definition) is 1. The highest BCUT2D eigenvalue weighted by Crippen LogP contribution is 2.40. The summed E-state index contributed by atoms with van der Waals surface area (Å²) in [5.74, 6) is 0.562. The van der Waals surface area contributed by atoms with Gasteiger partial charge in [0.15, 0.2) is 0 Å². The third-order valence-electron chi connectivity index (χ3n) is 4.04. The highest BCUT2D eigenvalue weighted by molar-refractivity contribution is 5.85. The number of benzene rings is 2. The molecule has 19 heavy (non-hydrogen) atoms. The third-order valence-corrected chi connectivity index (χ3v) is 4.04. The lowest BCUT2D eigenvalue weighted by Gasteiger charge is -2.31. The fraction of sp³-hybridized carbons (Fsp3) is 0.294. The molecule has 2 heteroatoms. The number of hydrogen-bond acceptors (Lipinski definition) is 1. The molecule has 1 aliphatic rings. The predicted molar refractivity (Wildman–Crippen MR) is 83.0 cm³/mol. The van der Waals surface area contributed by atoms with Crippen molar-refractivity contribution in [2.24, 2.45) is 0 Å². The van der Waals surface area contributed by atoms with E-state index in [2.05, 4.69) is 67.0 Å². The Morgan fingerprint density at radius 3 is 2.16 bits per heavy atom. The Labute approximate surface area is 121 Å². The van der Waals surface area contributed by atoms with Gasteiger partial charge in [0.25, 0.3) is 0 Å². The van der Waals surface area contributed by atoms with Gasteiger partial charge in [-0.3, -0.25) is 0 Å². The minimum Gasteiger partial charge on any atom is -0.313 e. The first kappa shape index (κ1) is 14.1. The highest BCUT2D eigenvalue weighted by Gasteiger charge is 2.26. The third kappa shape index (κ3) is 2.68. The van der Waals surface area contributed by atoms with E-state index in [0.29, 0.717) is 12.0 Å². The molecule has 0 aliphatic heterocycles. The van der Waals surface area contributed by atoms with Crippen LogP contribution in [0.5, 0.6) is 0 Å². The Morgan fingerprint density at radius 2 is 1.47 bits per heavy atom. The van der Waals surface area contributed by atoms with Crippen molar-refractivity contribution in [1.82, 2.24) is 5.32 Å². The highest BCUT2D eigenvalue weighted by atomic mass is 35.5. The van der Waals surface area contributed by atoms with Crippen LogP contribution in [0.25, 0.3) is 0 Å². The van der Waals surface area contributed by atoms with Crippen molar-refractivity contribution in [3.05, 3.63) is 71.3 Å². The Morgan fingerprint density at radius 1 is 0.842 bits per heavy atom. The summed E-state index contributed by atoms with van der Waals surface area (Å²) >= 11 is 0. The maximum Gasteiger partial charge on any atom is 0.0320 e. The maximum atomic E-state index is 3.43. The lowest BCUT2D eigenvalue weighted by molar-refractivity contribution is 0.471. The average Bonchev–Trinajstić information content (AvgIpc) is 2.47. The number of halogens is 1. The molecule has 0 heterocycles. The summed E-state index contributed by atoms with van der Waals surface area (Å²) in [6.07, 6.45) is 2.44. The molecular weight excluding hydrogens is 254 g/mol. The monoisotopic (exact) mass is 273 g/mol. The van der Waals surface area contributed by atoms with Crippen molar-refractivity contribution in [2.45, 2.75) is 24.8 Å². The standard InChI is InChI=1S/C17H19N.ClH/c1-18-17-12-11-14(13-7-3-2-4-8-13)15-9-5-6-10-16(15)17;/h2-10,14,17-18H,11-12H2,1H3;1H/t14-,17+;/m1./s1. The van der Waals surface area contributed by atoms with Crippen LogP contribution in [-0.2, 0) is 0 Å². The average molecular weight is 274 g/mol. The van der Waals surface area contributed by atoms with E-state index in [4.69, 9.17) is 0 Å². The van der Waals surface area contributed by atoms with E-state index < -0.39 is 0 Å². The molecule has 1 aliphatic carbocycles. The summed E-state index contributed by atoms with van der Waals surface area (Å²) in [7, 11) is 2.06. The summed E-state index contributed by atoms with van der Waals surface area (Å²) in [4.78, 5) is 0. The summed E-state index contributed by atoms with van der Waals surface area (Å²) < 4.78 is 0. The van der Waals surface area contributed by atoms with Crippen LogP contribution < -0.4 is 5.32 Å². The van der Waals surface area contributed by atoms with Gasteiger partial charge in [-0.1, -0.05) is 54.6 Å². The normalized spacial score (nSPS) is 21.3. The van der Waals surface area contributed by atoms with E-state index in [-0.39, 0.29) is 12.4 Å². The largest absolute Gasteiger partial charge is 0.313 e. The van der Waals surface area contributed by atoms with Crippen LogP contribution in [0.3, 0.4) is 0 Å². The van der Waals surface area contributed by atoms with Crippen LogP contribution in [0, 0.1) is 0 Å². The summed E-state index contributed by atoms with van der Waals surface area (Å²) in [5, 5.41) is 3.43. The van der Waals surface area contributed by atoms with Gasteiger partial charge in [-0.2, -0.15) is 0 Å². The summed E-state index contributed by atoms with van der Waals surface area (Å²) in [6, 6.07) is 20.3. The molecule has 0 bridgehead atoms. The quantitative estimate of drug-likeness (QED) is 0.860. The molecule has 2 atom stereocenters. The van der Waals surface area contributed by atoms with Gasteiger partial charge >= 0.3 is 0 Å². The van der Waals surface area contributed by atoms with Gasteiger partial charge in [0.1, 0.15) is 0 Å². The van der Waals surface area contributed by atoms with E-state index in [9.17, 15) is 0 Å². The van der Waals surface area contributed by atoms with Gasteiger partial charge in [-0.15, -0.1) is 12.4 Å². The molecule has 0 fully saturated rings. The molecule has 0 radical (unpaired) electrons. The molecular formula is C17H20ClN. The maximum absolute atomic E-state index is 3.43. The topological polar surface area (TPSA) is 12.0 Å². The van der Waals surface area contributed by atoms with Crippen LogP contribution in [0.4, 0.5) is 0 Å². The lowest BCUT2D eigenvalue weighted by Crippen LogP contribution is -2.24. The van der Waals surface area contributed by atoms with Gasteiger partial charge in [-0.25, -0.2) is 0 Å². The molecule has 1 N–H and O–H groups in total. The molecule has 100 valence electrons. The zero-order valence-electron chi connectivity index (χ0n) is 11.2. The Balaban J connectivity index is 0.00000133. The molecule has 1 nitrogen and oxygen atoms in total. The molecule has 0 saturated heterocycles. The van der Waals surface area contributed by atoms with Crippen molar-refractivity contribution < 1.29 is 0 Å². The van der Waals surface area contributed by atoms with E-state index in [1.54, 1.807) is 0 Å². The van der Waals surface area contributed by atoms with Crippen LogP contribution >= 0.6 is 12.4 Å². The van der Waals surface area contributed by atoms with Crippen molar-refractivity contribution in [2.75, 3.05) is 7.05 Å². The number of fused-ring (bicyclic) bond motifs is 1. The van der Waals surface area contributed by atoms with Crippen LogP contribution in [-0.4, -0.2) is 7.05 Å². The van der Waals surface area contributed by atoms with Crippen molar-refractivity contribution >= 4 is 12.4 Å². The molecule has 0 aromatic heterocycles. The van der Waals surface area contributed by atoms with E-state index in [1.165, 1.54) is 29.5 Å². The zero-order valence-corrected chi connectivity index (χ0v) is 12.0. The van der Waals surface area contributed by atoms with E-state index in [0.717, 1.165) is 0 Å². The molecule has 3 rings (SSSR count). The van der Waals surface area contributed by atoms with Gasteiger partial charge in [0.2, 0.25) is 0 Å². The zero-order chi connectivity index (χ0) is 12.4. The second kappa shape index (κ2) is 6.23. The van der Waals surface area contributed by atoms with Gasteiger partial charge in [0, 0.05) is 12.0 Å². The van der Waals surface area contributed by atoms with E-state index >= 15 is 0 Å². The first-order chi connectivity index (χ1) is 8.90. The molecule has 0 saturated carbocycles. The second-order valence-electron chi connectivity index (χ2n) is 5.01. The minimum atomic E-state index is 0.